The Bertz CT molecular complexity index is 1650. The van der Waals surface area contributed by atoms with Crippen molar-refractivity contribution in [1.82, 2.24) is 34.4 Å². The number of halogens is 7. The van der Waals surface area contributed by atoms with E-state index in [1.165, 1.54) is 30.3 Å². The highest BCUT2D eigenvalue weighted by Crippen LogP contribution is 2.34. The normalized spacial score (nSPS) is 12.8. The lowest BCUT2D eigenvalue weighted by Gasteiger charge is -2.15. The second-order valence-electron chi connectivity index (χ2n) is 8.92. The van der Waals surface area contributed by atoms with Crippen molar-refractivity contribution in [3.8, 4) is 17.1 Å². The van der Waals surface area contributed by atoms with E-state index in [4.69, 9.17) is 16.3 Å². The summed E-state index contributed by atoms with van der Waals surface area (Å²) in [5.74, 6) is -0.792. The lowest BCUT2D eigenvalue weighted by molar-refractivity contribution is -0.207. The largest absolute Gasteiger partial charge is 0.441 e. The standard InChI is InChI=1S/C25H22ClF6N7O4/c1-2-33-22(41)43-13-20-34-19(35-39(20)17-6-4-3-5-16(17)24(27,28)29)12-38-23(42)37(11-18(40)25(30,31)32)21(36-38)14-7-9-15(26)10-8-14/h3-10,18,40H,2,11-13H2,1H3,(H,33,41). The zero-order valence-corrected chi connectivity index (χ0v) is 22.8. The molecule has 230 valence electrons. The number of rotatable bonds is 9. The highest BCUT2D eigenvalue weighted by Gasteiger charge is 2.39. The molecule has 4 aromatic rings. The maximum absolute atomic E-state index is 13.8. The van der Waals surface area contributed by atoms with Crippen LogP contribution in [-0.4, -0.2) is 59.1 Å². The van der Waals surface area contributed by atoms with E-state index in [1.54, 1.807) is 6.92 Å². The average Bonchev–Trinajstić information content (AvgIpc) is 3.48. The Morgan fingerprint density at radius 2 is 1.74 bits per heavy atom. The molecule has 2 heterocycles. The number of carbonyl (C=O) groups is 1. The minimum atomic E-state index is -5.05. The molecule has 0 saturated heterocycles. The molecule has 4 rings (SSSR count). The van der Waals surface area contributed by atoms with Crippen molar-refractivity contribution in [3.05, 3.63) is 81.3 Å². The van der Waals surface area contributed by atoms with E-state index in [2.05, 4.69) is 20.5 Å². The van der Waals surface area contributed by atoms with Gasteiger partial charge in [0.25, 0.3) is 0 Å². The van der Waals surface area contributed by atoms with Gasteiger partial charge in [0.2, 0.25) is 0 Å². The van der Waals surface area contributed by atoms with Crippen molar-refractivity contribution in [2.75, 3.05) is 6.54 Å². The second kappa shape index (κ2) is 12.5. The van der Waals surface area contributed by atoms with Gasteiger partial charge in [-0.2, -0.15) is 26.3 Å². The summed E-state index contributed by atoms with van der Waals surface area (Å²) in [7, 11) is 0. The van der Waals surface area contributed by atoms with E-state index in [9.17, 15) is 41.0 Å². The van der Waals surface area contributed by atoms with Crippen molar-refractivity contribution in [2.45, 2.75) is 45.1 Å². The minimum Gasteiger partial charge on any atom is -0.441 e. The van der Waals surface area contributed by atoms with Crippen molar-refractivity contribution in [1.29, 1.82) is 0 Å². The fourth-order valence-corrected chi connectivity index (χ4v) is 4.03. The van der Waals surface area contributed by atoms with Crippen LogP contribution in [-0.2, 0) is 30.6 Å². The van der Waals surface area contributed by atoms with Crippen LogP contribution in [0, 0.1) is 0 Å². The van der Waals surface area contributed by atoms with Gasteiger partial charge in [0, 0.05) is 17.1 Å². The zero-order chi connectivity index (χ0) is 31.5. The van der Waals surface area contributed by atoms with Gasteiger partial charge < -0.3 is 15.2 Å². The predicted octanol–water partition coefficient (Wildman–Crippen LogP) is 4.18. The van der Waals surface area contributed by atoms with Crippen molar-refractivity contribution < 1.29 is 41.0 Å². The Hall–Kier alpha value is -4.38. The topological polar surface area (TPSA) is 129 Å². The monoisotopic (exact) mass is 633 g/mol. The van der Waals surface area contributed by atoms with Crippen LogP contribution in [0.4, 0.5) is 31.1 Å². The second-order valence-corrected chi connectivity index (χ2v) is 9.35. The maximum Gasteiger partial charge on any atom is 0.418 e. The van der Waals surface area contributed by atoms with Crippen LogP contribution in [0.25, 0.3) is 17.1 Å². The van der Waals surface area contributed by atoms with Crippen LogP contribution in [0.15, 0.2) is 53.3 Å². The zero-order valence-electron chi connectivity index (χ0n) is 22.0. The van der Waals surface area contributed by atoms with E-state index < -0.39 is 61.2 Å². The highest BCUT2D eigenvalue weighted by atomic mass is 35.5. The molecule has 0 aliphatic carbocycles. The number of alkyl halides is 6. The van der Waals surface area contributed by atoms with Gasteiger partial charge in [-0.25, -0.2) is 23.9 Å². The number of aromatic nitrogens is 6. The van der Waals surface area contributed by atoms with Crippen molar-refractivity contribution in [3.63, 3.8) is 0 Å². The molecule has 0 aliphatic heterocycles. The third-order valence-electron chi connectivity index (χ3n) is 5.86. The summed E-state index contributed by atoms with van der Waals surface area (Å²) in [5, 5.41) is 20.5. The summed E-state index contributed by atoms with van der Waals surface area (Å²) in [5.41, 5.74) is -2.46. The van der Waals surface area contributed by atoms with Crippen LogP contribution >= 0.6 is 11.6 Å². The summed E-state index contributed by atoms with van der Waals surface area (Å²) < 4.78 is 87.9. The van der Waals surface area contributed by atoms with E-state index in [-0.39, 0.29) is 29.6 Å². The number of ether oxygens (including phenoxy) is 1. The Balaban J connectivity index is 1.79. The Kier molecular flexibility index (Phi) is 9.15. The molecular formula is C25H22ClF6N7O4. The van der Waals surface area contributed by atoms with Crippen LogP contribution in [0.1, 0.15) is 24.1 Å². The number of carbonyl (C=O) groups excluding carboxylic acids is 1. The molecule has 43 heavy (non-hydrogen) atoms. The number of nitrogens with one attached hydrogen (secondary N) is 1. The molecule has 11 nitrogen and oxygen atoms in total. The molecule has 2 aromatic carbocycles. The summed E-state index contributed by atoms with van der Waals surface area (Å²) in [6.07, 6.45) is -13.6. The molecule has 0 bridgehead atoms. The molecule has 2 aromatic heterocycles. The van der Waals surface area contributed by atoms with Crippen LogP contribution in [0.2, 0.25) is 5.02 Å². The van der Waals surface area contributed by atoms with Crippen LogP contribution < -0.4 is 11.0 Å². The van der Waals surface area contributed by atoms with Gasteiger partial charge in [-0.3, -0.25) is 4.57 Å². The Morgan fingerprint density at radius 3 is 2.37 bits per heavy atom. The van der Waals surface area contributed by atoms with Crippen molar-refractivity contribution in [2.24, 2.45) is 0 Å². The Labute approximate surface area is 243 Å². The van der Waals surface area contributed by atoms with Gasteiger partial charge in [0.05, 0.1) is 17.8 Å². The van der Waals surface area contributed by atoms with E-state index >= 15 is 0 Å². The first kappa shape index (κ1) is 31.6. The third-order valence-corrected chi connectivity index (χ3v) is 6.11. The summed E-state index contributed by atoms with van der Waals surface area (Å²) in [4.78, 5) is 29.2. The predicted molar refractivity (Wildman–Crippen MR) is 138 cm³/mol. The van der Waals surface area contributed by atoms with Gasteiger partial charge in [-0.1, -0.05) is 23.7 Å². The lowest BCUT2D eigenvalue weighted by Crippen LogP contribution is -2.37. The van der Waals surface area contributed by atoms with Gasteiger partial charge in [-0.15, -0.1) is 10.2 Å². The first-order valence-corrected chi connectivity index (χ1v) is 12.8. The number of hydrogen-bond acceptors (Lipinski definition) is 7. The van der Waals surface area contributed by atoms with Crippen LogP contribution in [0.3, 0.4) is 0 Å². The molecular weight excluding hydrogens is 612 g/mol. The third kappa shape index (κ3) is 7.34. The van der Waals surface area contributed by atoms with Crippen LogP contribution in [0.5, 0.6) is 0 Å². The molecule has 0 fully saturated rings. The van der Waals surface area contributed by atoms with Gasteiger partial charge in [-0.05, 0) is 43.3 Å². The number of alkyl carbamates (subject to hydrolysis) is 1. The average molecular weight is 634 g/mol. The van der Waals surface area contributed by atoms with Gasteiger partial charge in [0.1, 0.15) is 6.54 Å². The molecule has 2 N–H and O–H groups in total. The molecule has 1 amide bonds. The number of amides is 1. The van der Waals surface area contributed by atoms with E-state index in [0.29, 0.717) is 14.3 Å². The summed E-state index contributed by atoms with van der Waals surface area (Å²) >= 11 is 5.89. The molecule has 18 heteroatoms. The van der Waals surface area contributed by atoms with Gasteiger partial charge >= 0.3 is 24.1 Å². The minimum absolute atomic E-state index is 0.184. The molecule has 1 unspecified atom stereocenters. The highest BCUT2D eigenvalue weighted by molar-refractivity contribution is 6.30. The van der Waals surface area contributed by atoms with E-state index in [0.717, 1.165) is 22.9 Å². The number of aliphatic hydroxyl groups excluding tert-OH is 1. The number of nitrogens with zero attached hydrogens (tertiary/aromatic N) is 6. The molecule has 0 saturated carbocycles. The summed E-state index contributed by atoms with van der Waals surface area (Å²) in [6, 6.07) is 9.99. The first-order chi connectivity index (χ1) is 20.2. The molecule has 0 spiro atoms. The smallest absolute Gasteiger partial charge is 0.418 e. The number of hydrogen-bond donors (Lipinski definition) is 2. The molecule has 0 aliphatic rings. The summed E-state index contributed by atoms with van der Waals surface area (Å²) in [6.45, 7) is -0.610. The fraction of sp³-hybridized carbons (Fsp3) is 0.320. The van der Waals surface area contributed by atoms with Gasteiger partial charge in [0.15, 0.2) is 30.2 Å². The SMILES string of the molecule is CCNC(=O)OCc1nc(Cn2nc(-c3ccc(Cl)cc3)n(CC(O)C(F)(F)F)c2=O)nn1-c1ccccc1C(F)(F)F. The lowest BCUT2D eigenvalue weighted by atomic mass is 10.1. The number of benzene rings is 2. The first-order valence-electron chi connectivity index (χ1n) is 12.4. The number of para-hydroxylation sites is 1. The fourth-order valence-electron chi connectivity index (χ4n) is 3.90. The van der Waals surface area contributed by atoms with Crippen molar-refractivity contribution >= 4 is 17.7 Å². The number of aliphatic hydroxyl groups is 1. The molecule has 1 atom stereocenters. The van der Waals surface area contributed by atoms with E-state index in [1.807, 2.05) is 0 Å². The Morgan fingerprint density at radius 1 is 1.07 bits per heavy atom. The quantitative estimate of drug-likeness (QED) is 0.265. The maximum atomic E-state index is 13.8. The molecule has 0 radical (unpaired) electrons.